The highest BCUT2D eigenvalue weighted by atomic mass is 16.1. The molecule has 0 saturated carbocycles. The second-order valence-corrected chi connectivity index (χ2v) is 5.60. The van der Waals surface area contributed by atoms with Crippen LogP contribution in [0.1, 0.15) is 58.8 Å². The fourth-order valence-corrected chi connectivity index (χ4v) is 2.26. The molecule has 0 aromatic carbocycles. The zero-order chi connectivity index (χ0) is 12.5. The quantitative estimate of drug-likeness (QED) is 0.608. The highest BCUT2D eigenvalue weighted by molar-refractivity contribution is 5.78. The minimum absolute atomic E-state index is 0.213. The van der Waals surface area contributed by atoms with Gasteiger partial charge in [0.1, 0.15) is 0 Å². The molecule has 3 heteroatoms. The lowest BCUT2D eigenvalue weighted by atomic mass is 10.0. The standard InChI is InChI=1S/C14H28N2O/c1-12(2)7-5-3-4-6-10-15-11-13-8-9-14(17)16-13/h12-13,15H,3-11H2,1-2H3,(H,16,17). The largest absolute Gasteiger partial charge is 0.352 e. The molecule has 1 rings (SSSR count). The molecule has 100 valence electrons. The zero-order valence-electron chi connectivity index (χ0n) is 11.4. The van der Waals surface area contributed by atoms with Gasteiger partial charge < -0.3 is 10.6 Å². The van der Waals surface area contributed by atoms with Crippen molar-refractivity contribution < 1.29 is 4.79 Å². The molecule has 1 saturated heterocycles. The molecule has 1 atom stereocenters. The Kier molecular flexibility index (Phi) is 7.25. The Hall–Kier alpha value is -0.570. The molecule has 1 aliphatic rings. The third kappa shape index (κ3) is 7.37. The van der Waals surface area contributed by atoms with Gasteiger partial charge in [-0.05, 0) is 25.3 Å². The Morgan fingerprint density at radius 2 is 2.06 bits per heavy atom. The number of hydrogen-bond donors (Lipinski definition) is 2. The van der Waals surface area contributed by atoms with E-state index in [0.29, 0.717) is 12.5 Å². The predicted octanol–water partition coefficient (Wildman–Crippen LogP) is 2.46. The van der Waals surface area contributed by atoms with Crippen LogP contribution in [0.25, 0.3) is 0 Å². The summed E-state index contributed by atoms with van der Waals surface area (Å²) in [6.07, 6.45) is 8.40. The number of carbonyl (C=O) groups excluding carboxylic acids is 1. The van der Waals surface area contributed by atoms with Gasteiger partial charge in [-0.1, -0.05) is 39.5 Å². The first kappa shape index (κ1) is 14.5. The Bertz CT molecular complexity index is 216. The predicted molar refractivity (Wildman–Crippen MR) is 72.0 cm³/mol. The summed E-state index contributed by atoms with van der Waals surface area (Å²) < 4.78 is 0. The van der Waals surface area contributed by atoms with Crippen molar-refractivity contribution in [2.24, 2.45) is 5.92 Å². The fraction of sp³-hybridized carbons (Fsp3) is 0.929. The molecule has 1 heterocycles. The van der Waals surface area contributed by atoms with E-state index in [2.05, 4.69) is 24.5 Å². The first-order valence-electron chi connectivity index (χ1n) is 7.18. The number of nitrogens with one attached hydrogen (secondary N) is 2. The van der Waals surface area contributed by atoms with Gasteiger partial charge in [-0.2, -0.15) is 0 Å². The normalized spacial score (nSPS) is 19.9. The summed E-state index contributed by atoms with van der Waals surface area (Å²) in [5.41, 5.74) is 0. The van der Waals surface area contributed by atoms with Crippen LogP contribution in [0, 0.1) is 5.92 Å². The van der Waals surface area contributed by atoms with E-state index in [4.69, 9.17) is 0 Å². The van der Waals surface area contributed by atoms with E-state index in [9.17, 15) is 4.79 Å². The van der Waals surface area contributed by atoms with Crippen LogP contribution in [0.2, 0.25) is 0 Å². The molecule has 1 aliphatic heterocycles. The van der Waals surface area contributed by atoms with Gasteiger partial charge in [0, 0.05) is 19.0 Å². The minimum atomic E-state index is 0.213. The first-order chi connectivity index (χ1) is 8.18. The van der Waals surface area contributed by atoms with Crippen LogP contribution in [-0.2, 0) is 4.79 Å². The molecule has 0 aromatic rings. The maximum atomic E-state index is 11.0. The first-order valence-corrected chi connectivity index (χ1v) is 7.18. The fourth-order valence-electron chi connectivity index (χ4n) is 2.26. The van der Waals surface area contributed by atoms with Crippen LogP contribution in [0.3, 0.4) is 0 Å². The van der Waals surface area contributed by atoms with Crippen LogP contribution < -0.4 is 10.6 Å². The van der Waals surface area contributed by atoms with Crippen LogP contribution in [-0.4, -0.2) is 25.0 Å². The Balaban J connectivity index is 1.80. The van der Waals surface area contributed by atoms with E-state index in [1.165, 1.54) is 32.1 Å². The van der Waals surface area contributed by atoms with Crippen molar-refractivity contribution in [2.45, 2.75) is 64.8 Å². The smallest absolute Gasteiger partial charge is 0.220 e. The number of amides is 1. The highest BCUT2D eigenvalue weighted by Gasteiger charge is 2.19. The summed E-state index contributed by atoms with van der Waals surface area (Å²) in [4.78, 5) is 11.0. The maximum Gasteiger partial charge on any atom is 0.220 e. The van der Waals surface area contributed by atoms with Gasteiger partial charge in [0.25, 0.3) is 0 Å². The van der Waals surface area contributed by atoms with Gasteiger partial charge >= 0.3 is 0 Å². The highest BCUT2D eigenvalue weighted by Crippen LogP contribution is 2.09. The Morgan fingerprint density at radius 1 is 1.29 bits per heavy atom. The maximum absolute atomic E-state index is 11.0. The molecule has 0 bridgehead atoms. The van der Waals surface area contributed by atoms with Gasteiger partial charge in [0.2, 0.25) is 5.91 Å². The minimum Gasteiger partial charge on any atom is -0.352 e. The molecule has 1 unspecified atom stereocenters. The lowest BCUT2D eigenvalue weighted by Crippen LogP contribution is -2.35. The van der Waals surface area contributed by atoms with Crippen molar-refractivity contribution in [1.82, 2.24) is 10.6 Å². The molecule has 3 nitrogen and oxygen atoms in total. The molecular weight excluding hydrogens is 212 g/mol. The monoisotopic (exact) mass is 240 g/mol. The van der Waals surface area contributed by atoms with Crippen LogP contribution >= 0.6 is 0 Å². The van der Waals surface area contributed by atoms with E-state index < -0.39 is 0 Å². The number of carbonyl (C=O) groups is 1. The third-order valence-electron chi connectivity index (χ3n) is 3.36. The topological polar surface area (TPSA) is 41.1 Å². The summed E-state index contributed by atoms with van der Waals surface area (Å²) in [6, 6.07) is 0.378. The van der Waals surface area contributed by atoms with Crippen molar-refractivity contribution in [3.63, 3.8) is 0 Å². The van der Waals surface area contributed by atoms with Crippen molar-refractivity contribution >= 4 is 5.91 Å². The lowest BCUT2D eigenvalue weighted by molar-refractivity contribution is -0.119. The zero-order valence-corrected chi connectivity index (χ0v) is 11.4. The molecule has 2 N–H and O–H groups in total. The molecule has 0 aromatic heterocycles. The number of unbranched alkanes of at least 4 members (excludes halogenated alkanes) is 3. The van der Waals surface area contributed by atoms with Gasteiger partial charge in [0.05, 0.1) is 0 Å². The van der Waals surface area contributed by atoms with Crippen molar-refractivity contribution in [3.05, 3.63) is 0 Å². The molecule has 1 amide bonds. The Labute approximate surface area is 106 Å². The van der Waals surface area contributed by atoms with Crippen LogP contribution in [0.5, 0.6) is 0 Å². The van der Waals surface area contributed by atoms with E-state index in [-0.39, 0.29) is 5.91 Å². The van der Waals surface area contributed by atoms with E-state index >= 15 is 0 Å². The third-order valence-corrected chi connectivity index (χ3v) is 3.36. The SMILES string of the molecule is CC(C)CCCCCCNCC1CCC(=O)N1. The number of hydrogen-bond acceptors (Lipinski definition) is 2. The summed E-state index contributed by atoms with van der Waals surface area (Å²) >= 11 is 0. The second kappa shape index (κ2) is 8.51. The average Bonchev–Trinajstić information content (AvgIpc) is 2.68. The van der Waals surface area contributed by atoms with Crippen LogP contribution in [0.4, 0.5) is 0 Å². The molecular formula is C14H28N2O. The van der Waals surface area contributed by atoms with E-state index in [1.807, 2.05) is 0 Å². The molecule has 1 fully saturated rings. The van der Waals surface area contributed by atoms with Crippen LogP contribution in [0.15, 0.2) is 0 Å². The van der Waals surface area contributed by atoms with Crippen molar-refractivity contribution in [2.75, 3.05) is 13.1 Å². The summed E-state index contributed by atoms with van der Waals surface area (Å²) in [5.74, 6) is 1.06. The molecule has 0 spiro atoms. The van der Waals surface area contributed by atoms with Crippen molar-refractivity contribution in [1.29, 1.82) is 0 Å². The van der Waals surface area contributed by atoms with Gasteiger partial charge in [-0.3, -0.25) is 4.79 Å². The van der Waals surface area contributed by atoms with E-state index in [1.54, 1.807) is 0 Å². The second-order valence-electron chi connectivity index (χ2n) is 5.60. The van der Waals surface area contributed by atoms with Gasteiger partial charge in [0.15, 0.2) is 0 Å². The molecule has 0 aliphatic carbocycles. The van der Waals surface area contributed by atoms with Crippen molar-refractivity contribution in [3.8, 4) is 0 Å². The summed E-state index contributed by atoms with van der Waals surface area (Å²) in [7, 11) is 0. The summed E-state index contributed by atoms with van der Waals surface area (Å²) in [6.45, 7) is 6.61. The van der Waals surface area contributed by atoms with E-state index in [0.717, 1.165) is 25.4 Å². The molecule has 0 radical (unpaired) electrons. The summed E-state index contributed by atoms with van der Waals surface area (Å²) in [5, 5.41) is 6.41. The van der Waals surface area contributed by atoms with Gasteiger partial charge in [-0.15, -0.1) is 0 Å². The van der Waals surface area contributed by atoms with Gasteiger partial charge in [-0.25, -0.2) is 0 Å². The average molecular weight is 240 g/mol. The number of rotatable bonds is 9. The lowest BCUT2D eigenvalue weighted by Gasteiger charge is -2.11. The Morgan fingerprint density at radius 3 is 2.71 bits per heavy atom. The molecule has 17 heavy (non-hydrogen) atoms.